The lowest BCUT2D eigenvalue weighted by Crippen LogP contribution is -2.40. The van der Waals surface area contributed by atoms with Crippen LogP contribution < -0.4 is 10.6 Å². The Hall–Kier alpha value is -1.82. The van der Waals surface area contributed by atoms with Crippen molar-refractivity contribution in [1.82, 2.24) is 20.2 Å². The van der Waals surface area contributed by atoms with Crippen LogP contribution in [0.1, 0.15) is 30.5 Å². The molecule has 2 N–H and O–H groups in total. The second-order valence-corrected chi connectivity index (χ2v) is 7.18. The van der Waals surface area contributed by atoms with Crippen LogP contribution in [-0.4, -0.2) is 35.6 Å². The van der Waals surface area contributed by atoms with Crippen LogP contribution >= 0.6 is 11.3 Å². The van der Waals surface area contributed by atoms with Crippen molar-refractivity contribution in [3.8, 4) is 0 Å². The van der Waals surface area contributed by atoms with Gasteiger partial charge in [0.05, 0.1) is 0 Å². The molecule has 0 spiro atoms. The molecule has 0 aliphatic heterocycles. The predicted octanol–water partition coefficient (Wildman–Crippen LogP) is 3.08. The van der Waals surface area contributed by atoms with Gasteiger partial charge in [-0.2, -0.15) is 0 Å². The van der Waals surface area contributed by atoms with Crippen LogP contribution in [0.15, 0.2) is 34.9 Å². The fourth-order valence-electron chi connectivity index (χ4n) is 2.59. The minimum Gasteiger partial charge on any atom is -0.356 e. The lowest BCUT2D eigenvalue weighted by atomic mass is 10.1. The molecule has 24 heavy (non-hydrogen) atoms. The fourth-order valence-corrected chi connectivity index (χ4v) is 3.46. The largest absolute Gasteiger partial charge is 0.356 e. The normalized spacial score (nSPS) is 13.0. The zero-order valence-electron chi connectivity index (χ0n) is 15.0. The minimum atomic E-state index is 0.589. The molecule has 2 rings (SSSR count). The van der Waals surface area contributed by atoms with E-state index in [1.54, 1.807) is 0 Å². The fraction of sp³-hybridized carbons (Fsp3) is 0.556. The van der Waals surface area contributed by atoms with Gasteiger partial charge in [-0.1, -0.05) is 13.0 Å². The third-order valence-corrected chi connectivity index (χ3v) is 4.91. The van der Waals surface area contributed by atoms with Crippen molar-refractivity contribution >= 4 is 17.3 Å². The van der Waals surface area contributed by atoms with Gasteiger partial charge in [-0.05, 0) is 43.6 Å². The Balaban J connectivity index is 1.57. The van der Waals surface area contributed by atoms with Gasteiger partial charge in [0.2, 0.25) is 0 Å². The smallest absolute Gasteiger partial charge is 0.190 e. The van der Waals surface area contributed by atoms with E-state index in [0.717, 1.165) is 50.7 Å². The van der Waals surface area contributed by atoms with E-state index in [1.807, 2.05) is 37.7 Å². The van der Waals surface area contributed by atoms with E-state index < -0.39 is 0 Å². The summed E-state index contributed by atoms with van der Waals surface area (Å²) in [6, 6.07) is 4.32. The predicted molar refractivity (Wildman–Crippen MR) is 103 cm³/mol. The van der Waals surface area contributed by atoms with E-state index in [2.05, 4.69) is 49.6 Å². The molecule has 0 saturated carbocycles. The maximum absolute atomic E-state index is 4.30. The highest BCUT2D eigenvalue weighted by Gasteiger charge is 2.06. The maximum atomic E-state index is 4.30. The zero-order valence-corrected chi connectivity index (χ0v) is 15.8. The number of unbranched alkanes of at least 4 members (excludes halogenated alkanes) is 1. The Morgan fingerprint density at radius 1 is 1.38 bits per heavy atom. The Morgan fingerprint density at radius 3 is 2.92 bits per heavy atom. The molecule has 2 heterocycles. The summed E-state index contributed by atoms with van der Waals surface area (Å²) in [5.41, 5.74) is 0. The molecule has 0 aliphatic rings. The second kappa shape index (κ2) is 10.1. The maximum Gasteiger partial charge on any atom is 0.190 e. The molecule has 1 atom stereocenters. The van der Waals surface area contributed by atoms with Gasteiger partial charge >= 0.3 is 0 Å². The molecular weight excluding hydrogens is 318 g/mol. The van der Waals surface area contributed by atoms with Crippen LogP contribution in [0.2, 0.25) is 0 Å². The van der Waals surface area contributed by atoms with Crippen LogP contribution in [0.3, 0.4) is 0 Å². The molecule has 0 bridgehead atoms. The van der Waals surface area contributed by atoms with Crippen molar-refractivity contribution in [2.24, 2.45) is 10.9 Å². The first-order chi connectivity index (χ1) is 11.7. The standard InChI is InChI=1S/C18H29N5S/c1-15(13-17-7-6-12-24-17)14-22-18(19-3)21-8-4-5-10-23-11-9-20-16(23)2/h6-7,9,11-12,15H,4-5,8,10,13-14H2,1-3H3,(H2,19,21,22). The van der Waals surface area contributed by atoms with E-state index in [-0.39, 0.29) is 0 Å². The highest BCUT2D eigenvalue weighted by molar-refractivity contribution is 7.09. The SMILES string of the molecule is CN=C(NCCCCn1ccnc1C)NCC(C)Cc1cccs1. The first kappa shape index (κ1) is 18.5. The minimum absolute atomic E-state index is 0.589. The summed E-state index contributed by atoms with van der Waals surface area (Å²) in [7, 11) is 1.83. The Bertz CT molecular complexity index is 603. The number of hydrogen-bond donors (Lipinski definition) is 2. The Morgan fingerprint density at radius 2 is 2.25 bits per heavy atom. The van der Waals surface area contributed by atoms with Crippen LogP contribution in [0.4, 0.5) is 0 Å². The van der Waals surface area contributed by atoms with Gasteiger partial charge in [0.25, 0.3) is 0 Å². The highest BCUT2D eigenvalue weighted by atomic mass is 32.1. The molecule has 2 aromatic rings. The molecule has 0 aromatic carbocycles. The van der Waals surface area contributed by atoms with E-state index in [9.17, 15) is 0 Å². The molecule has 5 nitrogen and oxygen atoms in total. The van der Waals surface area contributed by atoms with Gasteiger partial charge in [0.15, 0.2) is 5.96 Å². The number of thiophene rings is 1. The van der Waals surface area contributed by atoms with Crippen LogP contribution in [0.25, 0.3) is 0 Å². The van der Waals surface area contributed by atoms with Crippen molar-refractivity contribution in [1.29, 1.82) is 0 Å². The van der Waals surface area contributed by atoms with Crippen molar-refractivity contribution in [3.63, 3.8) is 0 Å². The zero-order chi connectivity index (χ0) is 17.2. The number of imidazole rings is 1. The average molecular weight is 348 g/mol. The Kier molecular flexibility index (Phi) is 7.82. The molecule has 6 heteroatoms. The summed E-state index contributed by atoms with van der Waals surface area (Å²) in [4.78, 5) is 9.99. The molecule has 0 radical (unpaired) electrons. The number of nitrogens with one attached hydrogen (secondary N) is 2. The van der Waals surface area contributed by atoms with Crippen molar-refractivity contribution in [2.45, 2.75) is 39.7 Å². The van der Waals surface area contributed by atoms with E-state index >= 15 is 0 Å². The van der Waals surface area contributed by atoms with Gasteiger partial charge in [-0.25, -0.2) is 4.98 Å². The first-order valence-corrected chi connectivity index (χ1v) is 9.51. The molecule has 0 fully saturated rings. The second-order valence-electron chi connectivity index (χ2n) is 6.14. The Labute approximate surface area is 149 Å². The van der Waals surface area contributed by atoms with Gasteiger partial charge < -0.3 is 15.2 Å². The molecule has 2 aromatic heterocycles. The number of aromatic nitrogens is 2. The van der Waals surface area contributed by atoms with Gasteiger partial charge in [0.1, 0.15) is 5.82 Å². The first-order valence-electron chi connectivity index (χ1n) is 8.63. The number of hydrogen-bond acceptors (Lipinski definition) is 3. The van der Waals surface area contributed by atoms with Crippen molar-refractivity contribution in [2.75, 3.05) is 20.1 Å². The van der Waals surface area contributed by atoms with E-state index in [1.165, 1.54) is 4.88 Å². The van der Waals surface area contributed by atoms with Gasteiger partial charge in [-0.15, -0.1) is 11.3 Å². The van der Waals surface area contributed by atoms with E-state index in [0.29, 0.717) is 5.92 Å². The monoisotopic (exact) mass is 347 g/mol. The molecule has 1 unspecified atom stereocenters. The lowest BCUT2D eigenvalue weighted by Gasteiger charge is -2.15. The summed E-state index contributed by atoms with van der Waals surface area (Å²) in [5, 5.41) is 8.96. The topological polar surface area (TPSA) is 54.2 Å². The third kappa shape index (κ3) is 6.35. The number of rotatable bonds is 9. The lowest BCUT2D eigenvalue weighted by molar-refractivity contribution is 0.556. The van der Waals surface area contributed by atoms with Crippen LogP contribution in [0.5, 0.6) is 0 Å². The molecule has 0 aliphatic carbocycles. The van der Waals surface area contributed by atoms with Crippen molar-refractivity contribution < 1.29 is 0 Å². The molecule has 0 saturated heterocycles. The van der Waals surface area contributed by atoms with Gasteiger partial charge in [-0.3, -0.25) is 4.99 Å². The molecular formula is C18H29N5S. The number of nitrogens with zero attached hydrogens (tertiary/aromatic N) is 3. The summed E-state index contributed by atoms with van der Waals surface area (Å²) >= 11 is 1.83. The quantitative estimate of drug-likeness (QED) is 0.416. The summed E-state index contributed by atoms with van der Waals surface area (Å²) in [6.45, 7) is 7.21. The van der Waals surface area contributed by atoms with Crippen LogP contribution in [0, 0.1) is 12.8 Å². The van der Waals surface area contributed by atoms with Gasteiger partial charge in [0, 0.05) is 44.0 Å². The summed E-state index contributed by atoms with van der Waals surface area (Å²) in [6.07, 6.45) is 7.26. The van der Waals surface area contributed by atoms with Crippen LogP contribution in [-0.2, 0) is 13.0 Å². The molecule has 132 valence electrons. The third-order valence-electron chi connectivity index (χ3n) is 4.01. The molecule has 0 amide bonds. The number of guanidine groups is 1. The number of aliphatic imine (C=N–C) groups is 1. The van der Waals surface area contributed by atoms with Crippen molar-refractivity contribution in [3.05, 3.63) is 40.6 Å². The summed E-state index contributed by atoms with van der Waals surface area (Å²) < 4.78 is 2.19. The number of aryl methyl sites for hydroxylation is 2. The summed E-state index contributed by atoms with van der Waals surface area (Å²) in [5.74, 6) is 2.57. The highest BCUT2D eigenvalue weighted by Crippen LogP contribution is 2.13. The average Bonchev–Trinajstić information content (AvgIpc) is 3.22. The van der Waals surface area contributed by atoms with E-state index in [4.69, 9.17) is 0 Å².